The van der Waals surface area contributed by atoms with E-state index >= 15 is 0 Å². The Kier molecular flexibility index (Phi) is 5.75. The zero-order chi connectivity index (χ0) is 13.5. The number of hydrogen-bond acceptors (Lipinski definition) is 3. The molecular formula is C16H22N2S. The zero-order valence-corrected chi connectivity index (χ0v) is 12.3. The van der Waals surface area contributed by atoms with E-state index in [0.29, 0.717) is 17.7 Å². The molecule has 0 aromatic heterocycles. The summed E-state index contributed by atoms with van der Waals surface area (Å²) in [5.41, 5.74) is 1.23. The highest BCUT2D eigenvalue weighted by Crippen LogP contribution is 2.29. The molecule has 3 unspecified atom stereocenters. The average molecular weight is 274 g/mol. The van der Waals surface area contributed by atoms with Gasteiger partial charge in [-0.2, -0.15) is 17.0 Å². The minimum absolute atomic E-state index is 0.170. The van der Waals surface area contributed by atoms with Gasteiger partial charge in [0.05, 0.1) is 12.5 Å². The van der Waals surface area contributed by atoms with Crippen LogP contribution in [0.4, 0.5) is 0 Å². The lowest BCUT2D eigenvalue weighted by molar-refractivity contribution is 0.349. The molecule has 1 fully saturated rings. The van der Waals surface area contributed by atoms with Crippen LogP contribution in [-0.4, -0.2) is 17.5 Å². The quantitative estimate of drug-likeness (QED) is 0.884. The smallest absolute Gasteiger partial charge is 0.0641 e. The van der Waals surface area contributed by atoms with Gasteiger partial charge in [-0.1, -0.05) is 43.2 Å². The van der Waals surface area contributed by atoms with Gasteiger partial charge in [0.2, 0.25) is 0 Å². The summed E-state index contributed by atoms with van der Waals surface area (Å²) in [5.74, 6) is 0. The van der Waals surface area contributed by atoms with E-state index in [1.807, 2.05) is 30.0 Å². The predicted molar refractivity (Wildman–Crippen MR) is 82.1 cm³/mol. The van der Waals surface area contributed by atoms with Crippen LogP contribution in [0.25, 0.3) is 0 Å². The molecule has 0 spiro atoms. The van der Waals surface area contributed by atoms with Crippen molar-refractivity contribution in [1.82, 2.24) is 5.32 Å². The molecule has 0 heterocycles. The minimum atomic E-state index is 0.170. The monoisotopic (exact) mass is 274 g/mol. The summed E-state index contributed by atoms with van der Waals surface area (Å²) in [6.07, 6.45) is 7.93. The summed E-state index contributed by atoms with van der Waals surface area (Å²) in [4.78, 5) is 0. The second kappa shape index (κ2) is 7.57. The van der Waals surface area contributed by atoms with Gasteiger partial charge < -0.3 is 5.32 Å². The van der Waals surface area contributed by atoms with Crippen LogP contribution in [0.5, 0.6) is 0 Å². The summed E-state index contributed by atoms with van der Waals surface area (Å²) in [5, 5.41) is 13.5. The van der Waals surface area contributed by atoms with Crippen LogP contribution in [0.2, 0.25) is 0 Å². The van der Waals surface area contributed by atoms with E-state index < -0.39 is 0 Å². The van der Waals surface area contributed by atoms with E-state index in [9.17, 15) is 0 Å². The molecule has 19 heavy (non-hydrogen) atoms. The maximum atomic E-state index is 9.06. The van der Waals surface area contributed by atoms with Crippen LogP contribution < -0.4 is 5.32 Å². The van der Waals surface area contributed by atoms with E-state index in [1.165, 1.54) is 31.2 Å². The molecule has 2 rings (SSSR count). The average Bonchev–Trinajstić information content (AvgIpc) is 2.48. The molecule has 0 aliphatic heterocycles. The number of nitrogens with zero attached hydrogens (tertiary/aromatic N) is 1. The first-order valence-corrected chi connectivity index (χ1v) is 8.34. The fourth-order valence-corrected chi connectivity index (χ4v) is 3.82. The lowest BCUT2D eigenvalue weighted by Crippen LogP contribution is -2.42. The molecule has 0 saturated heterocycles. The van der Waals surface area contributed by atoms with Crippen molar-refractivity contribution in [2.24, 2.45) is 0 Å². The number of nitriles is 1. The predicted octanol–water partition coefficient (Wildman–Crippen LogP) is 3.91. The molecular weight excluding hydrogens is 252 g/mol. The summed E-state index contributed by atoms with van der Waals surface area (Å²) in [7, 11) is 0. The fraction of sp³-hybridized carbons (Fsp3) is 0.562. The van der Waals surface area contributed by atoms with Crippen molar-refractivity contribution in [2.75, 3.05) is 6.26 Å². The topological polar surface area (TPSA) is 35.8 Å². The maximum absolute atomic E-state index is 9.06. The van der Waals surface area contributed by atoms with Gasteiger partial charge in [0.1, 0.15) is 0 Å². The van der Waals surface area contributed by atoms with Gasteiger partial charge in [-0.15, -0.1) is 0 Å². The van der Waals surface area contributed by atoms with E-state index in [1.54, 1.807) is 0 Å². The molecule has 2 nitrogen and oxygen atoms in total. The summed E-state index contributed by atoms with van der Waals surface area (Å²) in [6.45, 7) is 0. The van der Waals surface area contributed by atoms with E-state index in [4.69, 9.17) is 5.26 Å². The van der Waals surface area contributed by atoms with Gasteiger partial charge in [-0.3, -0.25) is 0 Å². The second-order valence-electron chi connectivity index (χ2n) is 5.16. The molecule has 3 heteroatoms. The highest BCUT2D eigenvalue weighted by Gasteiger charge is 2.26. The van der Waals surface area contributed by atoms with Gasteiger partial charge in [-0.05, 0) is 24.7 Å². The van der Waals surface area contributed by atoms with Crippen LogP contribution in [0.3, 0.4) is 0 Å². The summed E-state index contributed by atoms with van der Waals surface area (Å²) < 4.78 is 0. The number of benzene rings is 1. The molecule has 102 valence electrons. The Morgan fingerprint density at radius 1 is 1.32 bits per heavy atom. The van der Waals surface area contributed by atoms with Crippen molar-refractivity contribution in [2.45, 2.75) is 49.4 Å². The van der Waals surface area contributed by atoms with E-state index in [0.717, 1.165) is 0 Å². The fourth-order valence-electron chi connectivity index (χ4n) is 2.88. The molecule has 1 aliphatic carbocycles. The molecule has 0 amide bonds. The zero-order valence-electron chi connectivity index (χ0n) is 11.5. The number of hydrogen-bond donors (Lipinski definition) is 1. The Labute approximate surface area is 120 Å². The van der Waals surface area contributed by atoms with Crippen LogP contribution in [0, 0.1) is 11.3 Å². The third kappa shape index (κ3) is 3.99. The lowest BCUT2D eigenvalue weighted by atomic mass is 9.93. The molecule has 1 aliphatic rings. The molecule has 1 aromatic carbocycles. The number of nitrogens with one attached hydrogen (secondary N) is 1. The van der Waals surface area contributed by atoms with Crippen molar-refractivity contribution in [3.63, 3.8) is 0 Å². The highest BCUT2D eigenvalue weighted by atomic mass is 32.2. The third-order valence-corrected chi connectivity index (χ3v) is 5.09. The van der Waals surface area contributed by atoms with Crippen LogP contribution in [0.15, 0.2) is 30.3 Å². The first-order chi connectivity index (χ1) is 9.35. The Morgan fingerprint density at radius 2 is 2.05 bits per heavy atom. The molecule has 1 saturated carbocycles. The SMILES string of the molecule is CSC1CCCCC1NC(CC#N)c1ccccc1. The van der Waals surface area contributed by atoms with Gasteiger partial charge in [0.25, 0.3) is 0 Å². The normalized spacial score (nSPS) is 24.6. The minimum Gasteiger partial charge on any atom is -0.305 e. The first kappa shape index (κ1) is 14.4. The Morgan fingerprint density at radius 3 is 2.74 bits per heavy atom. The Bertz CT molecular complexity index is 413. The van der Waals surface area contributed by atoms with Crippen molar-refractivity contribution >= 4 is 11.8 Å². The van der Waals surface area contributed by atoms with E-state index in [2.05, 4.69) is 29.8 Å². The van der Waals surface area contributed by atoms with Gasteiger partial charge in [0.15, 0.2) is 0 Å². The third-order valence-electron chi connectivity index (χ3n) is 3.92. The molecule has 1 aromatic rings. The van der Waals surface area contributed by atoms with Gasteiger partial charge >= 0.3 is 0 Å². The molecule has 0 bridgehead atoms. The molecule has 1 N–H and O–H groups in total. The largest absolute Gasteiger partial charge is 0.305 e. The van der Waals surface area contributed by atoms with Crippen LogP contribution in [0.1, 0.15) is 43.7 Å². The Balaban J connectivity index is 2.06. The maximum Gasteiger partial charge on any atom is 0.0641 e. The standard InChI is InChI=1S/C16H22N2S/c1-19-16-10-6-5-9-15(16)18-14(11-12-17)13-7-3-2-4-8-13/h2-4,7-8,14-16,18H,5-6,9-11H2,1H3. The van der Waals surface area contributed by atoms with Crippen LogP contribution in [-0.2, 0) is 0 Å². The Hall–Kier alpha value is -0.980. The highest BCUT2D eigenvalue weighted by molar-refractivity contribution is 7.99. The lowest BCUT2D eigenvalue weighted by Gasteiger charge is -2.34. The molecule has 3 atom stereocenters. The number of rotatable bonds is 5. The van der Waals surface area contributed by atoms with Crippen molar-refractivity contribution in [3.05, 3.63) is 35.9 Å². The summed E-state index contributed by atoms with van der Waals surface area (Å²) >= 11 is 1.96. The van der Waals surface area contributed by atoms with Crippen LogP contribution >= 0.6 is 11.8 Å². The van der Waals surface area contributed by atoms with Crippen molar-refractivity contribution in [3.8, 4) is 6.07 Å². The van der Waals surface area contributed by atoms with E-state index in [-0.39, 0.29) is 6.04 Å². The van der Waals surface area contributed by atoms with Gasteiger partial charge in [-0.25, -0.2) is 0 Å². The first-order valence-electron chi connectivity index (χ1n) is 7.06. The van der Waals surface area contributed by atoms with Crippen molar-refractivity contribution < 1.29 is 0 Å². The van der Waals surface area contributed by atoms with Crippen molar-refractivity contribution in [1.29, 1.82) is 5.26 Å². The second-order valence-corrected chi connectivity index (χ2v) is 6.23. The summed E-state index contributed by atoms with van der Waals surface area (Å²) in [6, 6.07) is 13.4. The number of thioether (sulfide) groups is 1. The van der Waals surface area contributed by atoms with Gasteiger partial charge in [0, 0.05) is 17.3 Å². The molecule has 0 radical (unpaired) electrons.